The van der Waals surface area contributed by atoms with Crippen LogP contribution in [-0.2, 0) is 11.5 Å². The quantitative estimate of drug-likeness (QED) is 0.481. The molecule has 0 bridgehead atoms. The summed E-state index contributed by atoms with van der Waals surface area (Å²) in [6.07, 6.45) is 1.84. The number of hydrogen-bond acceptors (Lipinski definition) is 3. The number of nitrogens with zero attached hydrogens (tertiary/aromatic N) is 3. The Bertz CT molecular complexity index is 866. The van der Waals surface area contributed by atoms with Crippen LogP contribution in [0.1, 0.15) is 17.5 Å². The zero-order valence-electron chi connectivity index (χ0n) is 15.3. The van der Waals surface area contributed by atoms with Gasteiger partial charge in [-0.3, -0.25) is 4.99 Å². The molecule has 0 fully saturated rings. The average Bonchev–Trinajstić information content (AvgIpc) is 2.90. The number of benzene rings is 2. The zero-order valence-corrected chi connectivity index (χ0v) is 16.3. The molecule has 1 atom stereocenters. The summed E-state index contributed by atoms with van der Waals surface area (Å²) in [6.45, 7) is 7.21. The van der Waals surface area contributed by atoms with Crippen molar-refractivity contribution in [2.75, 3.05) is 6.54 Å². The summed E-state index contributed by atoms with van der Waals surface area (Å²) in [7, 11) is 0.353. The van der Waals surface area contributed by atoms with Gasteiger partial charge in [0.25, 0.3) is 0 Å². The lowest BCUT2D eigenvalue weighted by Gasteiger charge is -2.25. The van der Waals surface area contributed by atoms with E-state index in [1.807, 2.05) is 49.7 Å². The normalized spacial score (nSPS) is 13.6. The molecule has 4 nitrogen and oxygen atoms in total. The molecule has 0 aliphatic heterocycles. The highest BCUT2D eigenvalue weighted by molar-refractivity contribution is 6.69. The Hall–Kier alpha value is -2.24. The minimum Gasteiger partial charge on any atom is -0.409 e. The number of aliphatic imine (C=N–C) groups is 1. The van der Waals surface area contributed by atoms with E-state index in [4.69, 9.17) is 4.43 Å². The Morgan fingerprint density at radius 2 is 1.76 bits per heavy atom. The van der Waals surface area contributed by atoms with Gasteiger partial charge in [-0.05, 0) is 37.3 Å². The minimum absolute atomic E-state index is 0.0150. The average molecular weight is 352 g/mol. The number of imidazole rings is 1. The number of fused-ring (bicyclic) bond motifs is 1. The molecule has 0 aliphatic carbocycles. The van der Waals surface area contributed by atoms with E-state index >= 15 is 0 Å². The van der Waals surface area contributed by atoms with Gasteiger partial charge in [0, 0.05) is 7.05 Å². The summed E-state index contributed by atoms with van der Waals surface area (Å²) in [4.78, 5) is 9.29. The van der Waals surface area contributed by atoms with Crippen molar-refractivity contribution in [2.24, 2.45) is 12.0 Å². The molecule has 130 valence electrons. The Balaban J connectivity index is 1.80. The second-order valence-electron chi connectivity index (χ2n) is 7.14. The summed E-state index contributed by atoms with van der Waals surface area (Å²) < 4.78 is 8.41. The fourth-order valence-corrected chi connectivity index (χ4v) is 3.88. The molecule has 0 spiro atoms. The highest BCUT2D eigenvalue weighted by atomic mass is 28.4. The molecular formula is C20H25N3OSi. The molecule has 0 N–H and O–H groups in total. The lowest BCUT2D eigenvalue weighted by molar-refractivity contribution is 0.207. The molecule has 0 saturated heterocycles. The van der Waals surface area contributed by atoms with Crippen LogP contribution in [0.25, 0.3) is 11.0 Å². The van der Waals surface area contributed by atoms with Gasteiger partial charge in [-0.2, -0.15) is 0 Å². The third-order valence-corrected chi connectivity index (χ3v) is 4.96. The fraction of sp³-hybridized carbons (Fsp3) is 0.300. The first-order valence-electron chi connectivity index (χ1n) is 8.58. The maximum atomic E-state index is 6.35. The summed E-state index contributed by atoms with van der Waals surface area (Å²) >= 11 is 0. The second-order valence-corrected chi connectivity index (χ2v) is 11.6. The predicted molar refractivity (Wildman–Crippen MR) is 107 cm³/mol. The van der Waals surface area contributed by atoms with Crippen molar-refractivity contribution in [2.45, 2.75) is 25.7 Å². The van der Waals surface area contributed by atoms with E-state index < -0.39 is 8.32 Å². The predicted octanol–water partition coefficient (Wildman–Crippen LogP) is 4.59. The third kappa shape index (κ3) is 4.44. The van der Waals surface area contributed by atoms with Crippen molar-refractivity contribution < 1.29 is 4.43 Å². The van der Waals surface area contributed by atoms with E-state index in [0.717, 1.165) is 16.9 Å². The minimum atomic E-state index is -1.66. The summed E-state index contributed by atoms with van der Waals surface area (Å²) in [5.41, 5.74) is 3.28. The second kappa shape index (κ2) is 7.33. The molecule has 1 unspecified atom stereocenters. The standard InChI is InChI=1S/C20H25N3OSi/c1-23-18-13-9-8-12-17(18)22-20(23)15-21-14-19(24-25(2,3)4)16-10-6-5-7-11-16/h5-13,15,19H,14H2,1-4H3. The molecule has 1 heterocycles. The summed E-state index contributed by atoms with van der Waals surface area (Å²) in [6, 6.07) is 18.5. The van der Waals surface area contributed by atoms with Crippen LogP contribution in [0.2, 0.25) is 19.6 Å². The number of hydrogen-bond donors (Lipinski definition) is 0. The molecule has 0 amide bonds. The summed E-state index contributed by atoms with van der Waals surface area (Å²) in [5.74, 6) is 0.862. The molecule has 1 aromatic heterocycles. The van der Waals surface area contributed by atoms with E-state index in [0.29, 0.717) is 6.54 Å². The number of aryl methyl sites for hydroxylation is 1. The van der Waals surface area contributed by atoms with Crippen LogP contribution in [0, 0.1) is 0 Å². The van der Waals surface area contributed by atoms with Crippen LogP contribution in [0.3, 0.4) is 0 Å². The van der Waals surface area contributed by atoms with Crippen molar-refractivity contribution in [1.82, 2.24) is 9.55 Å². The number of aromatic nitrogens is 2. The first-order chi connectivity index (χ1) is 11.9. The molecule has 3 rings (SSSR count). The van der Waals surface area contributed by atoms with Gasteiger partial charge in [0.05, 0.1) is 29.9 Å². The van der Waals surface area contributed by atoms with Gasteiger partial charge in [-0.1, -0.05) is 42.5 Å². The van der Waals surface area contributed by atoms with Gasteiger partial charge >= 0.3 is 0 Å². The fourth-order valence-electron chi connectivity index (χ4n) is 2.81. The van der Waals surface area contributed by atoms with Crippen molar-refractivity contribution in [3.63, 3.8) is 0 Å². The van der Waals surface area contributed by atoms with Crippen molar-refractivity contribution >= 4 is 25.6 Å². The molecule has 3 aromatic rings. The molecule has 2 aromatic carbocycles. The van der Waals surface area contributed by atoms with Crippen LogP contribution in [0.5, 0.6) is 0 Å². The van der Waals surface area contributed by atoms with E-state index in [1.165, 1.54) is 5.56 Å². The topological polar surface area (TPSA) is 39.4 Å². The smallest absolute Gasteiger partial charge is 0.184 e. The van der Waals surface area contributed by atoms with Crippen molar-refractivity contribution in [3.05, 3.63) is 66.0 Å². The maximum absolute atomic E-state index is 6.35. The Morgan fingerprint density at radius 1 is 1.08 bits per heavy atom. The molecular weight excluding hydrogens is 326 g/mol. The van der Waals surface area contributed by atoms with Crippen LogP contribution in [0.15, 0.2) is 59.6 Å². The van der Waals surface area contributed by atoms with Crippen molar-refractivity contribution in [3.8, 4) is 0 Å². The maximum Gasteiger partial charge on any atom is 0.184 e. The van der Waals surface area contributed by atoms with E-state index in [2.05, 4.69) is 52.4 Å². The van der Waals surface area contributed by atoms with Gasteiger partial charge in [-0.25, -0.2) is 4.98 Å². The summed E-state index contributed by atoms with van der Waals surface area (Å²) in [5, 5.41) is 0. The van der Waals surface area contributed by atoms with E-state index in [-0.39, 0.29) is 6.10 Å². The van der Waals surface area contributed by atoms with Gasteiger partial charge in [0.15, 0.2) is 14.1 Å². The first kappa shape index (κ1) is 17.6. The molecule has 0 radical (unpaired) electrons. The van der Waals surface area contributed by atoms with Crippen LogP contribution >= 0.6 is 0 Å². The molecule has 25 heavy (non-hydrogen) atoms. The third-order valence-electron chi connectivity index (χ3n) is 3.97. The van der Waals surface area contributed by atoms with Gasteiger partial charge in [0.2, 0.25) is 0 Å². The highest BCUT2D eigenvalue weighted by Gasteiger charge is 2.22. The SMILES string of the molecule is Cn1c(C=NCC(O[Si](C)(C)C)c2ccccc2)nc2ccccc21. The Labute approximate surface area is 150 Å². The van der Waals surface area contributed by atoms with Gasteiger partial charge in [-0.15, -0.1) is 0 Å². The zero-order chi connectivity index (χ0) is 17.9. The molecule has 5 heteroatoms. The Kier molecular flexibility index (Phi) is 5.15. The molecule has 0 aliphatic rings. The van der Waals surface area contributed by atoms with Crippen LogP contribution in [-0.4, -0.2) is 30.6 Å². The van der Waals surface area contributed by atoms with Gasteiger partial charge in [0.1, 0.15) is 0 Å². The highest BCUT2D eigenvalue weighted by Crippen LogP contribution is 2.22. The number of rotatable bonds is 6. The van der Waals surface area contributed by atoms with E-state index in [1.54, 1.807) is 0 Å². The lowest BCUT2D eigenvalue weighted by atomic mass is 10.1. The van der Waals surface area contributed by atoms with Gasteiger partial charge < -0.3 is 8.99 Å². The van der Waals surface area contributed by atoms with Crippen LogP contribution in [0.4, 0.5) is 0 Å². The first-order valence-corrected chi connectivity index (χ1v) is 12.0. The largest absolute Gasteiger partial charge is 0.409 e. The van der Waals surface area contributed by atoms with Crippen molar-refractivity contribution in [1.29, 1.82) is 0 Å². The molecule has 0 saturated carbocycles. The lowest BCUT2D eigenvalue weighted by Crippen LogP contribution is -2.29. The monoisotopic (exact) mass is 351 g/mol. The Morgan fingerprint density at radius 3 is 2.44 bits per heavy atom. The van der Waals surface area contributed by atoms with Crippen LogP contribution < -0.4 is 0 Å². The van der Waals surface area contributed by atoms with E-state index in [9.17, 15) is 0 Å². The number of para-hydroxylation sites is 2.